The van der Waals surface area contributed by atoms with Crippen molar-refractivity contribution in [2.75, 3.05) is 6.61 Å². The molecule has 0 aromatic heterocycles. The molecule has 0 heterocycles. The standard InChI is InChI=1S/C23H26N2O6/c24-21(26)13-19(22(27)28)11-12-20(16-30-14-17-7-3-1-4-8-17)25-23(29)31-15-18-9-5-2-6-10-18/h1-12,19-20H,13-16H2,(H2,24,26)(H,25,29)(H,27,28)/b12-11+/t19-,20+/m0/s1. The molecule has 4 N–H and O–H groups in total. The second kappa shape index (κ2) is 12.8. The van der Waals surface area contributed by atoms with Crippen molar-refractivity contribution in [1.82, 2.24) is 5.32 Å². The van der Waals surface area contributed by atoms with Gasteiger partial charge in [-0.25, -0.2) is 4.79 Å². The van der Waals surface area contributed by atoms with E-state index in [1.807, 2.05) is 60.7 Å². The fourth-order valence-electron chi connectivity index (χ4n) is 2.66. The summed E-state index contributed by atoms with van der Waals surface area (Å²) in [5.41, 5.74) is 6.89. The van der Waals surface area contributed by atoms with Gasteiger partial charge in [0.1, 0.15) is 6.61 Å². The molecule has 0 bridgehead atoms. The van der Waals surface area contributed by atoms with Crippen molar-refractivity contribution in [3.8, 4) is 0 Å². The molecule has 8 heteroatoms. The van der Waals surface area contributed by atoms with Crippen LogP contribution in [0.25, 0.3) is 0 Å². The van der Waals surface area contributed by atoms with Gasteiger partial charge in [-0.1, -0.05) is 72.8 Å². The number of carboxylic acid groups (broad SMARTS) is 1. The minimum atomic E-state index is -1.19. The van der Waals surface area contributed by atoms with E-state index in [1.54, 1.807) is 0 Å². The Morgan fingerprint density at radius 1 is 0.935 bits per heavy atom. The molecule has 0 fully saturated rings. The average Bonchev–Trinajstić information content (AvgIpc) is 2.76. The molecular formula is C23H26N2O6. The summed E-state index contributed by atoms with van der Waals surface area (Å²) in [5, 5.41) is 11.9. The van der Waals surface area contributed by atoms with Crippen LogP contribution in [0.5, 0.6) is 0 Å². The van der Waals surface area contributed by atoms with E-state index in [0.29, 0.717) is 6.61 Å². The Labute approximate surface area is 180 Å². The predicted molar refractivity (Wildman–Crippen MR) is 114 cm³/mol. The lowest BCUT2D eigenvalue weighted by atomic mass is 10.0. The molecular weight excluding hydrogens is 400 g/mol. The SMILES string of the molecule is NC(=O)C[C@H](/C=C/[C@H](COCc1ccccc1)NC(=O)OCc1ccccc1)C(=O)O. The van der Waals surface area contributed by atoms with Crippen LogP contribution in [-0.4, -0.2) is 35.7 Å². The lowest BCUT2D eigenvalue weighted by Gasteiger charge is -2.16. The summed E-state index contributed by atoms with van der Waals surface area (Å²) in [6.07, 6.45) is 1.77. The van der Waals surface area contributed by atoms with Crippen LogP contribution in [0.2, 0.25) is 0 Å². The number of carbonyl (C=O) groups is 3. The van der Waals surface area contributed by atoms with Crippen molar-refractivity contribution < 1.29 is 29.0 Å². The molecule has 8 nitrogen and oxygen atoms in total. The van der Waals surface area contributed by atoms with E-state index < -0.39 is 29.9 Å². The van der Waals surface area contributed by atoms with Gasteiger partial charge in [0.15, 0.2) is 0 Å². The van der Waals surface area contributed by atoms with Crippen LogP contribution in [0.1, 0.15) is 17.5 Å². The van der Waals surface area contributed by atoms with Gasteiger partial charge >= 0.3 is 12.1 Å². The van der Waals surface area contributed by atoms with Crippen LogP contribution >= 0.6 is 0 Å². The molecule has 0 spiro atoms. The van der Waals surface area contributed by atoms with Gasteiger partial charge in [0.25, 0.3) is 0 Å². The minimum Gasteiger partial charge on any atom is -0.481 e. The number of carboxylic acids is 1. The van der Waals surface area contributed by atoms with Gasteiger partial charge in [-0.3, -0.25) is 9.59 Å². The zero-order valence-electron chi connectivity index (χ0n) is 17.0. The number of nitrogens with two attached hydrogens (primary N) is 1. The van der Waals surface area contributed by atoms with Gasteiger partial charge in [0, 0.05) is 6.42 Å². The predicted octanol–water partition coefficient (Wildman–Crippen LogP) is 2.63. The molecule has 2 amide bonds. The van der Waals surface area contributed by atoms with E-state index in [-0.39, 0.29) is 19.6 Å². The second-order valence-corrected chi connectivity index (χ2v) is 6.81. The summed E-state index contributed by atoms with van der Waals surface area (Å²) < 4.78 is 10.9. The number of amides is 2. The first-order valence-corrected chi connectivity index (χ1v) is 9.72. The Bertz CT molecular complexity index is 870. The molecule has 0 radical (unpaired) electrons. The molecule has 2 atom stereocenters. The van der Waals surface area contributed by atoms with Crippen molar-refractivity contribution in [3.05, 3.63) is 83.9 Å². The van der Waals surface area contributed by atoms with Crippen LogP contribution in [0, 0.1) is 5.92 Å². The number of nitrogens with one attached hydrogen (secondary N) is 1. The average molecular weight is 426 g/mol. The molecule has 2 aromatic rings. The number of rotatable bonds is 12. The maximum atomic E-state index is 12.2. The number of primary amides is 1. The number of ether oxygens (including phenoxy) is 2. The van der Waals surface area contributed by atoms with E-state index in [9.17, 15) is 19.5 Å². The highest BCUT2D eigenvalue weighted by molar-refractivity contribution is 5.82. The highest BCUT2D eigenvalue weighted by atomic mass is 16.5. The first-order chi connectivity index (χ1) is 14.9. The number of carbonyl (C=O) groups excluding carboxylic acids is 2. The smallest absolute Gasteiger partial charge is 0.408 e. The topological polar surface area (TPSA) is 128 Å². The lowest BCUT2D eigenvalue weighted by molar-refractivity contribution is -0.141. The van der Waals surface area contributed by atoms with Crippen molar-refractivity contribution in [1.29, 1.82) is 0 Å². The first kappa shape index (κ1) is 23.6. The van der Waals surface area contributed by atoms with Crippen LogP contribution in [0.3, 0.4) is 0 Å². The zero-order chi connectivity index (χ0) is 22.5. The highest BCUT2D eigenvalue weighted by Gasteiger charge is 2.18. The number of aliphatic carboxylic acids is 1. The van der Waals surface area contributed by atoms with Crippen LogP contribution in [0.4, 0.5) is 4.79 Å². The third kappa shape index (κ3) is 9.60. The summed E-state index contributed by atoms with van der Waals surface area (Å²) in [6.45, 7) is 0.484. The number of alkyl carbamates (subject to hydrolysis) is 1. The molecule has 164 valence electrons. The first-order valence-electron chi connectivity index (χ1n) is 9.72. The summed E-state index contributed by atoms with van der Waals surface area (Å²) >= 11 is 0. The molecule has 31 heavy (non-hydrogen) atoms. The Hall–Kier alpha value is -3.65. The summed E-state index contributed by atoms with van der Waals surface area (Å²) in [4.78, 5) is 34.6. The van der Waals surface area contributed by atoms with E-state index in [4.69, 9.17) is 15.2 Å². The number of benzene rings is 2. The fourth-order valence-corrected chi connectivity index (χ4v) is 2.66. The summed E-state index contributed by atoms with van der Waals surface area (Å²) in [5.74, 6) is -3.02. The minimum absolute atomic E-state index is 0.0781. The molecule has 0 unspecified atom stereocenters. The van der Waals surface area contributed by atoms with Gasteiger partial charge in [-0.05, 0) is 11.1 Å². The largest absolute Gasteiger partial charge is 0.481 e. The van der Waals surface area contributed by atoms with Gasteiger partial charge in [-0.2, -0.15) is 0 Å². The molecule has 2 aromatic carbocycles. The molecule has 0 aliphatic rings. The van der Waals surface area contributed by atoms with E-state index >= 15 is 0 Å². The third-order valence-corrected chi connectivity index (χ3v) is 4.24. The molecule has 0 aliphatic carbocycles. The number of hydrogen-bond donors (Lipinski definition) is 3. The molecule has 2 rings (SSSR count). The Kier molecular flexibility index (Phi) is 9.77. The lowest BCUT2D eigenvalue weighted by Crippen LogP contribution is -2.37. The second-order valence-electron chi connectivity index (χ2n) is 6.81. The molecule has 0 aliphatic heterocycles. The molecule has 0 saturated carbocycles. The quantitative estimate of drug-likeness (QED) is 0.448. The van der Waals surface area contributed by atoms with Crippen molar-refractivity contribution in [3.63, 3.8) is 0 Å². The Morgan fingerprint density at radius 2 is 1.52 bits per heavy atom. The number of hydrogen-bond acceptors (Lipinski definition) is 5. The summed E-state index contributed by atoms with van der Waals surface area (Å²) in [6, 6.07) is 18.0. The monoisotopic (exact) mass is 426 g/mol. The maximum absolute atomic E-state index is 12.2. The maximum Gasteiger partial charge on any atom is 0.408 e. The van der Waals surface area contributed by atoms with Gasteiger partial charge < -0.3 is 25.6 Å². The van der Waals surface area contributed by atoms with Crippen molar-refractivity contribution in [2.24, 2.45) is 11.7 Å². The van der Waals surface area contributed by atoms with Crippen LogP contribution < -0.4 is 11.1 Å². The van der Waals surface area contributed by atoms with Crippen molar-refractivity contribution in [2.45, 2.75) is 25.7 Å². The fraction of sp³-hybridized carbons (Fsp3) is 0.261. The van der Waals surface area contributed by atoms with E-state index in [2.05, 4.69) is 5.32 Å². The van der Waals surface area contributed by atoms with E-state index in [1.165, 1.54) is 12.2 Å². The summed E-state index contributed by atoms with van der Waals surface area (Å²) in [7, 11) is 0. The van der Waals surface area contributed by atoms with Crippen LogP contribution in [-0.2, 0) is 32.3 Å². The van der Waals surface area contributed by atoms with E-state index in [0.717, 1.165) is 11.1 Å². The van der Waals surface area contributed by atoms with Gasteiger partial charge in [0.05, 0.1) is 25.2 Å². The highest BCUT2D eigenvalue weighted by Crippen LogP contribution is 2.08. The zero-order valence-corrected chi connectivity index (χ0v) is 17.0. The molecule has 0 saturated heterocycles. The third-order valence-electron chi connectivity index (χ3n) is 4.24. The van der Waals surface area contributed by atoms with Gasteiger partial charge in [0.2, 0.25) is 5.91 Å². The van der Waals surface area contributed by atoms with Crippen molar-refractivity contribution >= 4 is 18.0 Å². The Morgan fingerprint density at radius 3 is 2.06 bits per heavy atom. The van der Waals surface area contributed by atoms with Crippen LogP contribution in [0.15, 0.2) is 72.8 Å². The Balaban J connectivity index is 1.97. The normalized spacial score (nSPS) is 12.8. The van der Waals surface area contributed by atoms with Gasteiger partial charge in [-0.15, -0.1) is 0 Å².